The van der Waals surface area contributed by atoms with Crippen LogP contribution in [-0.2, 0) is 21.2 Å². The molecule has 6 nitrogen and oxygen atoms in total. The maximum Gasteiger partial charge on any atom is 0.240 e. The van der Waals surface area contributed by atoms with Crippen molar-refractivity contribution in [2.45, 2.75) is 37.0 Å². The summed E-state index contributed by atoms with van der Waals surface area (Å²) in [5.74, 6) is 0.0976. The van der Waals surface area contributed by atoms with Crippen molar-refractivity contribution in [3.63, 3.8) is 0 Å². The van der Waals surface area contributed by atoms with Crippen LogP contribution in [-0.4, -0.2) is 32.4 Å². The molecule has 3 rings (SSSR count). The lowest BCUT2D eigenvalue weighted by Gasteiger charge is -2.26. The molecule has 26 heavy (non-hydrogen) atoms. The fourth-order valence-corrected chi connectivity index (χ4v) is 4.09. The molecule has 1 aromatic carbocycles. The van der Waals surface area contributed by atoms with Crippen LogP contribution < -0.4 is 9.62 Å². The predicted octanol–water partition coefficient (Wildman–Crippen LogP) is 2.51. The van der Waals surface area contributed by atoms with Crippen LogP contribution in [0.3, 0.4) is 0 Å². The number of sulfonamides is 1. The van der Waals surface area contributed by atoms with E-state index in [2.05, 4.69) is 9.71 Å². The molecule has 138 valence electrons. The Labute approximate surface area is 154 Å². The summed E-state index contributed by atoms with van der Waals surface area (Å²) >= 11 is 0. The smallest absolute Gasteiger partial charge is 0.240 e. The number of piperidine rings is 1. The lowest BCUT2D eigenvalue weighted by Crippen LogP contribution is -2.35. The predicted molar refractivity (Wildman–Crippen MR) is 100 cm³/mol. The second-order valence-corrected chi connectivity index (χ2v) is 8.13. The van der Waals surface area contributed by atoms with Crippen LogP contribution >= 0.6 is 0 Å². The van der Waals surface area contributed by atoms with E-state index in [4.69, 9.17) is 0 Å². The van der Waals surface area contributed by atoms with Crippen molar-refractivity contribution in [3.8, 4) is 0 Å². The van der Waals surface area contributed by atoms with Gasteiger partial charge >= 0.3 is 0 Å². The quantitative estimate of drug-likeness (QED) is 0.757. The van der Waals surface area contributed by atoms with Crippen LogP contribution in [0.15, 0.2) is 53.7 Å². The lowest BCUT2D eigenvalue weighted by atomic mass is 10.1. The van der Waals surface area contributed by atoms with Crippen LogP contribution in [0.1, 0.15) is 31.2 Å². The number of amides is 1. The number of carbonyl (C=O) groups is 1. The summed E-state index contributed by atoms with van der Waals surface area (Å²) in [6.45, 7) is 1.06. The topological polar surface area (TPSA) is 79.4 Å². The summed E-state index contributed by atoms with van der Waals surface area (Å²) in [5.41, 5.74) is 1.84. The Bertz CT molecular complexity index is 836. The van der Waals surface area contributed by atoms with Gasteiger partial charge in [-0.15, -0.1) is 0 Å². The molecule has 1 aliphatic rings. The van der Waals surface area contributed by atoms with E-state index in [-0.39, 0.29) is 10.8 Å². The molecule has 0 radical (unpaired) electrons. The Morgan fingerprint density at radius 3 is 2.62 bits per heavy atom. The van der Waals surface area contributed by atoms with E-state index < -0.39 is 10.0 Å². The first kappa shape index (κ1) is 18.5. The maximum atomic E-state index is 12.4. The van der Waals surface area contributed by atoms with Crippen LogP contribution in [0.5, 0.6) is 0 Å². The van der Waals surface area contributed by atoms with Gasteiger partial charge in [0.25, 0.3) is 0 Å². The van der Waals surface area contributed by atoms with Crippen molar-refractivity contribution >= 4 is 21.6 Å². The second kappa shape index (κ2) is 8.42. The largest absolute Gasteiger partial charge is 0.312 e. The monoisotopic (exact) mass is 373 g/mol. The van der Waals surface area contributed by atoms with Crippen molar-refractivity contribution in [3.05, 3.63) is 54.4 Å². The number of nitrogens with one attached hydrogen (secondary N) is 1. The van der Waals surface area contributed by atoms with E-state index in [1.165, 1.54) is 0 Å². The Morgan fingerprint density at radius 2 is 1.92 bits per heavy atom. The van der Waals surface area contributed by atoms with E-state index in [1.807, 2.05) is 12.1 Å². The molecule has 1 aliphatic heterocycles. The standard InChI is InChI=1S/C19H23N3O3S/c23-19-7-1-2-14-22(19)17-8-10-18(11-9-17)26(24,25)21-13-4-6-16-5-3-12-20-15-16/h3,5,8-12,15,21H,1-2,4,6-7,13-14H2. The Hall–Kier alpha value is -2.25. The van der Waals surface area contributed by atoms with Crippen molar-refractivity contribution < 1.29 is 13.2 Å². The summed E-state index contributed by atoms with van der Waals surface area (Å²) in [4.78, 5) is 17.9. The molecule has 1 fully saturated rings. The van der Waals surface area contributed by atoms with Crippen LogP contribution in [0.25, 0.3) is 0 Å². The van der Waals surface area contributed by atoms with Crippen molar-refractivity contribution in [2.24, 2.45) is 0 Å². The summed E-state index contributed by atoms with van der Waals surface area (Å²) in [7, 11) is -3.54. The molecule has 7 heteroatoms. The van der Waals surface area contributed by atoms with Gasteiger partial charge in [0.15, 0.2) is 0 Å². The van der Waals surface area contributed by atoms with E-state index in [0.717, 1.165) is 30.5 Å². The normalized spacial score (nSPS) is 15.2. The molecule has 0 saturated carbocycles. The van der Waals surface area contributed by atoms with Crippen molar-refractivity contribution in [2.75, 3.05) is 18.0 Å². The Balaban J connectivity index is 1.56. The van der Waals surface area contributed by atoms with Crippen LogP contribution in [0.2, 0.25) is 0 Å². The van der Waals surface area contributed by atoms with Crippen molar-refractivity contribution in [1.29, 1.82) is 0 Å². The van der Waals surface area contributed by atoms with Gasteiger partial charge in [-0.1, -0.05) is 6.07 Å². The zero-order chi connectivity index (χ0) is 18.4. The van der Waals surface area contributed by atoms with Gasteiger partial charge < -0.3 is 4.90 Å². The molecule has 1 N–H and O–H groups in total. The molecule has 1 saturated heterocycles. The molecule has 2 aromatic rings. The molecule has 0 aliphatic carbocycles. The third-order valence-electron chi connectivity index (χ3n) is 4.44. The minimum Gasteiger partial charge on any atom is -0.312 e. The van der Waals surface area contributed by atoms with Gasteiger partial charge in [-0.2, -0.15) is 0 Å². The second-order valence-electron chi connectivity index (χ2n) is 6.36. The van der Waals surface area contributed by atoms with E-state index in [1.54, 1.807) is 41.6 Å². The van der Waals surface area contributed by atoms with Crippen LogP contribution in [0.4, 0.5) is 5.69 Å². The van der Waals surface area contributed by atoms with Gasteiger partial charge in [0.2, 0.25) is 15.9 Å². The maximum absolute atomic E-state index is 12.4. The summed E-state index contributed by atoms with van der Waals surface area (Å²) < 4.78 is 27.4. The highest BCUT2D eigenvalue weighted by Crippen LogP contribution is 2.22. The number of benzene rings is 1. The zero-order valence-electron chi connectivity index (χ0n) is 14.6. The average molecular weight is 373 g/mol. The van der Waals surface area contributed by atoms with E-state index in [9.17, 15) is 13.2 Å². The Morgan fingerprint density at radius 1 is 1.12 bits per heavy atom. The number of hydrogen-bond donors (Lipinski definition) is 1. The molecular formula is C19H23N3O3S. The minimum absolute atomic E-state index is 0.0976. The average Bonchev–Trinajstić information content (AvgIpc) is 2.67. The van der Waals surface area contributed by atoms with Gasteiger partial charge in [-0.3, -0.25) is 9.78 Å². The molecule has 0 unspecified atom stereocenters. The molecule has 1 amide bonds. The minimum atomic E-state index is -3.54. The summed E-state index contributed by atoms with van der Waals surface area (Å²) in [6, 6.07) is 10.4. The molecular weight excluding hydrogens is 350 g/mol. The highest BCUT2D eigenvalue weighted by atomic mass is 32.2. The molecule has 0 spiro atoms. The first-order valence-electron chi connectivity index (χ1n) is 8.85. The summed E-state index contributed by atoms with van der Waals surface area (Å²) in [5, 5.41) is 0. The first-order chi connectivity index (χ1) is 12.6. The molecule has 1 aromatic heterocycles. The van der Waals surface area contributed by atoms with E-state index in [0.29, 0.717) is 25.9 Å². The van der Waals surface area contributed by atoms with Gasteiger partial charge in [-0.05, 0) is 61.6 Å². The fraction of sp³-hybridized carbons (Fsp3) is 0.368. The van der Waals surface area contributed by atoms with Crippen molar-refractivity contribution in [1.82, 2.24) is 9.71 Å². The third-order valence-corrected chi connectivity index (χ3v) is 5.92. The number of anilines is 1. The van der Waals surface area contributed by atoms with E-state index >= 15 is 0 Å². The van der Waals surface area contributed by atoms with Crippen LogP contribution in [0, 0.1) is 0 Å². The highest BCUT2D eigenvalue weighted by Gasteiger charge is 2.20. The molecule has 0 bridgehead atoms. The molecule has 2 heterocycles. The number of rotatable bonds is 7. The number of nitrogens with zero attached hydrogens (tertiary/aromatic N) is 2. The number of carbonyl (C=O) groups excluding carboxylic acids is 1. The lowest BCUT2D eigenvalue weighted by molar-refractivity contribution is -0.119. The SMILES string of the molecule is O=C1CCCCN1c1ccc(S(=O)(=O)NCCCc2cccnc2)cc1. The zero-order valence-corrected chi connectivity index (χ0v) is 15.4. The highest BCUT2D eigenvalue weighted by molar-refractivity contribution is 7.89. The fourth-order valence-electron chi connectivity index (χ4n) is 3.01. The van der Waals surface area contributed by atoms with Gasteiger partial charge in [-0.25, -0.2) is 13.1 Å². The molecule has 0 atom stereocenters. The Kier molecular flexibility index (Phi) is 6.00. The number of aryl methyl sites for hydroxylation is 1. The van der Waals surface area contributed by atoms with Gasteiger partial charge in [0, 0.05) is 37.6 Å². The number of pyridine rings is 1. The van der Waals surface area contributed by atoms with Gasteiger partial charge in [0.05, 0.1) is 4.90 Å². The summed E-state index contributed by atoms with van der Waals surface area (Å²) in [6.07, 6.45) is 7.42. The third kappa shape index (κ3) is 4.68. The number of aromatic nitrogens is 1. The first-order valence-corrected chi connectivity index (χ1v) is 10.3. The number of hydrogen-bond acceptors (Lipinski definition) is 4. The van der Waals surface area contributed by atoms with Gasteiger partial charge in [0.1, 0.15) is 0 Å².